The maximum atomic E-state index is 13.7. The molecule has 1 aromatic carbocycles. The second kappa shape index (κ2) is 8.51. The zero-order chi connectivity index (χ0) is 23.9. The van der Waals surface area contributed by atoms with Crippen molar-refractivity contribution in [1.29, 1.82) is 5.26 Å². The van der Waals surface area contributed by atoms with Crippen LogP contribution in [0.4, 0.5) is 19.1 Å². The zero-order valence-electron chi connectivity index (χ0n) is 18.3. The molecule has 2 N–H and O–H groups in total. The van der Waals surface area contributed by atoms with Gasteiger partial charge in [-0.25, -0.2) is 4.98 Å². The van der Waals surface area contributed by atoms with Gasteiger partial charge in [0.15, 0.2) is 11.2 Å². The molecule has 1 saturated heterocycles. The summed E-state index contributed by atoms with van der Waals surface area (Å²) in [6, 6.07) is 8.09. The van der Waals surface area contributed by atoms with Crippen molar-refractivity contribution in [2.45, 2.75) is 51.5 Å². The van der Waals surface area contributed by atoms with E-state index in [1.165, 1.54) is 4.57 Å². The Kier molecular flexibility index (Phi) is 5.88. The average Bonchev–Trinajstić information content (AvgIpc) is 3.16. The van der Waals surface area contributed by atoms with Crippen molar-refractivity contribution in [3.63, 3.8) is 0 Å². The van der Waals surface area contributed by atoms with E-state index in [4.69, 9.17) is 5.73 Å². The van der Waals surface area contributed by atoms with Crippen molar-refractivity contribution in [2.75, 3.05) is 18.0 Å². The van der Waals surface area contributed by atoms with E-state index in [0.29, 0.717) is 24.2 Å². The van der Waals surface area contributed by atoms with Crippen LogP contribution in [0.3, 0.4) is 0 Å². The Bertz CT molecular complexity index is 1290. The van der Waals surface area contributed by atoms with E-state index >= 15 is 0 Å². The van der Waals surface area contributed by atoms with Gasteiger partial charge in [0.25, 0.3) is 5.56 Å². The molecule has 0 unspecified atom stereocenters. The lowest BCUT2D eigenvalue weighted by Gasteiger charge is -2.33. The van der Waals surface area contributed by atoms with Gasteiger partial charge in [0.1, 0.15) is 0 Å². The Morgan fingerprint density at radius 1 is 1.27 bits per heavy atom. The zero-order valence-corrected chi connectivity index (χ0v) is 18.3. The number of imidazole rings is 1. The van der Waals surface area contributed by atoms with E-state index in [1.54, 1.807) is 38.1 Å². The smallest absolute Gasteiger partial charge is 0.341 e. The highest BCUT2D eigenvalue weighted by molar-refractivity contribution is 5.73. The quantitative estimate of drug-likeness (QED) is 0.643. The molecule has 0 bridgehead atoms. The van der Waals surface area contributed by atoms with Crippen molar-refractivity contribution in [3.8, 4) is 6.07 Å². The Labute approximate surface area is 188 Å². The van der Waals surface area contributed by atoms with Gasteiger partial charge in [-0.2, -0.15) is 23.4 Å². The standard InChI is InChI=1S/C22H24F3N7O/c1-13(2)32-18-17(28-20(32)22(23,24)25)19(33)31(11-15-7-4-3-6-14(15)10-26)21(29-18)30-9-5-8-16(27)12-30/h3-4,6-7,13,16H,5,8-9,11-12,27H2,1-2H3/t16-/m1/s1. The first kappa shape index (κ1) is 22.8. The molecule has 0 amide bonds. The Morgan fingerprint density at radius 2 is 2.00 bits per heavy atom. The summed E-state index contributed by atoms with van der Waals surface area (Å²) in [5, 5.41) is 9.46. The van der Waals surface area contributed by atoms with Crippen LogP contribution in [0.1, 0.15) is 49.7 Å². The molecule has 1 atom stereocenters. The minimum atomic E-state index is -4.75. The molecule has 3 heterocycles. The predicted molar refractivity (Wildman–Crippen MR) is 117 cm³/mol. The van der Waals surface area contributed by atoms with Crippen LogP contribution in [0, 0.1) is 11.3 Å². The number of nitrogens with two attached hydrogens (primary N) is 1. The van der Waals surface area contributed by atoms with Crippen molar-refractivity contribution in [3.05, 3.63) is 51.6 Å². The summed E-state index contributed by atoms with van der Waals surface area (Å²) in [5.41, 5.74) is 5.92. The van der Waals surface area contributed by atoms with Crippen LogP contribution in [0.25, 0.3) is 11.2 Å². The number of rotatable bonds is 4. The van der Waals surface area contributed by atoms with E-state index in [1.807, 2.05) is 4.90 Å². The molecule has 0 aliphatic carbocycles. The molecule has 1 fully saturated rings. The molecule has 3 aromatic rings. The van der Waals surface area contributed by atoms with Crippen LogP contribution in [-0.4, -0.2) is 38.2 Å². The van der Waals surface area contributed by atoms with Gasteiger partial charge in [-0.15, -0.1) is 0 Å². The molecule has 1 aliphatic rings. The van der Waals surface area contributed by atoms with Crippen molar-refractivity contribution in [2.24, 2.45) is 5.73 Å². The van der Waals surface area contributed by atoms with Gasteiger partial charge < -0.3 is 15.2 Å². The molecule has 0 radical (unpaired) electrons. The number of piperidine rings is 1. The summed E-state index contributed by atoms with van der Waals surface area (Å²) in [4.78, 5) is 23.6. The molecule has 4 rings (SSSR count). The van der Waals surface area contributed by atoms with Gasteiger partial charge >= 0.3 is 6.18 Å². The molecule has 8 nitrogen and oxygen atoms in total. The number of fused-ring (bicyclic) bond motifs is 1. The summed E-state index contributed by atoms with van der Waals surface area (Å²) in [7, 11) is 0. The Morgan fingerprint density at radius 3 is 2.64 bits per heavy atom. The number of nitrogens with zero attached hydrogens (tertiary/aromatic N) is 6. The van der Waals surface area contributed by atoms with Crippen LogP contribution in [-0.2, 0) is 12.7 Å². The fraction of sp³-hybridized carbons (Fsp3) is 0.455. The van der Waals surface area contributed by atoms with E-state index in [9.17, 15) is 23.2 Å². The number of nitriles is 1. The monoisotopic (exact) mass is 459 g/mol. The summed E-state index contributed by atoms with van der Waals surface area (Å²) >= 11 is 0. The first-order valence-corrected chi connectivity index (χ1v) is 10.7. The summed E-state index contributed by atoms with van der Waals surface area (Å²) in [6.45, 7) is 4.13. The molecule has 2 aromatic heterocycles. The van der Waals surface area contributed by atoms with Crippen molar-refractivity contribution in [1.82, 2.24) is 19.1 Å². The molecule has 174 valence electrons. The number of alkyl halides is 3. The van der Waals surface area contributed by atoms with Gasteiger partial charge in [-0.3, -0.25) is 9.36 Å². The van der Waals surface area contributed by atoms with Crippen LogP contribution < -0.4 is 16.2 Å². The molecular formula is C22H24F3N7O. The fourth-order valence-corrected chi connectivity index (χ4v) is 4.25. The number of halogens is 3. The maximum absolute atomic E-state index is 13.7. The number of benzene rings is 1. The van der Waals surface area contributed by atoms with Crippen molar-refractivity contribution < 1.29 is 13.2 Å². The van der Waals surface area contributed by atoms with E-state index < -0.39 is 23.6 Å². The molecule has 33 heavy (non-hydrogen) atoms. The normalized spacial score (nSPS) is 17.0. The first-order valence-electron chi connectivity index (χ1n) is 10.7. The lowest BCUT2D eigenvalue weighted by atomic mass is 10.1. The largest absolute Gasteiger partial charge is 0.449 e. The Balaban J connectivity index is 2.00. The van der Waals surface area contributed by atoms with Gasteiger partial charge in [0, 0.05) is 25.2 Å². The molecule has 1 aliphatic heterocycles. The second-order valence-corrected chi connectivity index (χ2v) is 8.49. The van der Waals surface area contributed by atoms with Crippen LogP contribution in [0.15, 0.2) is 29.1 Å². The molecule has 0 saturated carbocycles. The number of hydrogen-bond acceptors (Lipinski definition) is 6. The fourth-order valence-electron chi connectivity index (χ4n) is 4.25. The highest BCUT2D eigenvalue weighted by Crippen LogP contribution is 2.33. The number of aromatic nitrogens is 4. The third kappa shape index (κ3) is 4.18. The highest BCUT2D eigenvalue weighted by atomic mass is 19.4. The predicted octanol–water partition coefficient (Wildman–Crippen LogP) is 3.04. The lowest BCUT2D eigenvalue weighted by Crippen LogP contribution is -2.45. The van der Waals surface area contributed by atoms with Gasteiger partial charge in [-0.1, -0.05) is 18.2 Å². The van der Waals surface area contributed by atoms with Crippen LogP contribution in [0.5, 0.6) is 0 Å². The van der Waals surface area contributed by atoms with Crippen LogP contribution >= 0.6 is 0 Å². The number of anilines is 1. The van der Waals surface area contributed by atoms with Gasteiger partial charge in [0.05, 0.1) is 18.2 Å². The Hall–Kier alpha value is -3.39. The summed E-state index contributed by atoms with van der Waals surface area (Å²) < 4.78 is 43.5. The maximum Gasteiger partial charge on any atom is 0.449 e. The third-order valence-electron chi connectivity index (χ3n) is 5.76. The van der Waals surface area contributed by atoms with Crippen LogP contribution in [0.2, 0.25) is 0 Å². The average molecular weight is 459 g/mol. The molecule has 0 spiro atoms. The van der Waals surface area contributed by atoms with E-state index in [-0.39, 0.29) is 29.7 Å². The number of hydrogen-bond donors (Lipinski definition) is 1. The second-order valence-electron chi connectivity index (χ2n) is 8.49. The highest BCUT2D eigenvalue weighted by Gasteiger charge is 2.40. The minimum absolute atomic E-state index is 0.0253. The summed E-state index contributed by atoms with van der Waals surface area (Å²) in [5.74, 6) is -0.931. The van der Waals surface area contributed by atoms with E-state index in [0.717, 1.165) is 17.4 Å². The van der Waals surface area contributed by atoms with Crippen molar-refractivity contribution >= 4 is 17.1 Å². The van der Waals surface area contributed by atoms with Gasteiger partial charge in [0.2, 0.25) is 11.8 Å². The minimum Gasteiger partial charge on any atom is -0.341 e. The first-order chi connectivity index (χ1) is 15.6. The SMILES string of the molecule is CC(C)n1c(C(F)(F)F)nc2c(=O)n(Cc3ccccc3C#N)c(N3CCC[C@@H](N)C3)nc21. The summed E-state index contributed by atoms with van der Waals surface area (Å²) in [6.07, 6.45) is -3.17. The third-order valence-corrected chi connectivity index (χ3v) is 5.76. The molecular weight excluding hydrogens is 435 g/mol. The lowest BCUT2D eigenvalue weighted by molar-refractivity contribution is -0.147. The topological polar surface area (TPSA) is 106 Å². The molecule has 11 heteroatoms. The van der Waals surface area contributed by atoms with E-state index in [2.05, 4.69) is 16.0 Å². The van der Waals surface area contributed by atoms with Gasteiger partial charge in [-0.05, 0) is 38.3 Å².